The molecule has 0 rings (SSSR count). The van der Waals surface area contributed by atoms with Crippen LogP contribution in [0.3, 0.4) is 0 Å². The summed E-state index contributed by atoms with van der Waals surface area (Å²) in [6.45, 7) is 9.10. The average molecular weight is 228 g/mol. The first-order chi connectivity index (χ1) is 7.39. The molecule has 0 aliphatic carbocycles. The van der Waals surface area contributed by atoms with Crippen LogP contribution < -0.4 is 0 Å². The highest BCUT2D eigenvalue weighted by Crippen LogP contribution is 2.27. The molecule has 2 heteroatoms. The first kappa shape index (κ1) is 15.5. The zero-order valence-corrected chi connectivity index (χ0v) is 11.6. The van der Waals surface area contributed by atoms with Crippen molar-refractivity contribution in [3.05, 3.63) is 0 Å². The highest BCUT2D eigenvalue weighted by molar-refractivity contribution is 5.68. The van der Waals surface area contributed by atoms with Crippen molar-refractivity contribution in [2.24, 2.45) is 11.3 Å². The van der Waals surface area contributed by atoms with Gasteiger partial charge in [-0.05, 0) is 37.0 Å². The van der Waals surface area contributed by atoms with Gasteiger partial charge in [0.1, 0.15) is 0 Å². The van der Waals surface area contributed by atoms with Gasteiger partial charge in [0.2, 0.25) is 0 Å². The molecule has 2 nitrogen and oxygen atoms in total. The normalized spacial score (nSPS) is 13.6. The quantitative estimate of drug-likeness (QED) is 0.611. The fourth-order valence-corrected chi connectivity index (χ4v) is 1.83. The SMILES string of the molecule is CC[C@H](CCCC(=O)OC)CCC(C)(C)C. The fourth-order valence-electron chi connectivity index (χ4n) is 1.83. The summed E-state index contributed by atoms with van der Waals surface area (Å²) in [5.41, 5.74) is 0.426. The molecule has 0 bridgehead atoms. The van der Waals surface area contributed by atoms with Crippen molar-refractivity contribution in [1.29, 1.82) is 0 Å². The van der Waals surface area contributed by atoms with E-state index in [4.69, 9.17) is 0 Å². The summed E-state index contributed by atoms with van der Waals surface area (Å²) in [5, 5.41) is 0. The van der Waals surface area contributed by atoms with E-state index in [9.17, 15) is 4.79 Å². The van der Waals surface area contributed by atoms with Gasteiger partial charge in [-0.2, -0.15) is 0 Å². The molecule has 0 saturated heterocycles. The average Bonchev–Trinajstić information content (AvgIpc) is 2.21. The zero-order chi connectivity index (χ0) is 12.6. The van der Waals surface area contributed by atoms with Crippen molar-refractivity contribution in [2.75, 3.05) is 7.11 Å². The Morgan fingerprint density at radius 1 is 1.25 bits per heavy atom. The largest absolute Gasteiger partial charge is 0.469 e. The highest BCUT2D eigenvalue weighted by Gasteiger charge is 2.14. The second-order valence-electron chi connectivity index (χ2n) is 5.84. The number of carbonyl (C=O) groups is 1. The van der Waals surface area contributed by atoms with Gasteiger partial charge >= 0.3 is 5.97 Å². The maximum Gasteiger partial charge on any atom is 0.305 e. The maximum atomic E-state index is 11.0. The van der Waals surface area contributed by atoms with Crippen LogP contribution in [0.15, 0.2) is 0 Å². The third-order valence-electron chi connectivity index (χ3n) is 3.10. The number of esters is 1. The van der Waals surface area contributed by atoms with Gasteiger partial charge in [-0.1, -0.05) is 34.1 Å². The summed E-state index contributed by atoms with van der Waals surface area (Å²) in [7, 11) is 1.46. The molecule has 16 heavy (non-hydrogen) atoms. The van der Waals surface area contributed by atoms with Gasteiger partial charge in [-0.25, -0.2) is 0 Å². The molecule has 0 aliphatic rings. The molecule has 0 radical (unpaired) electrons. The first-order valence-electron chi connectivity index (χ1n) is 6.46. The molecule has 0 aromatic carbocycles. The Morgan fingerprint density at radius 2 is 1.88 bits per heavy atom. The molecule has 0 spiro atoms. The summed E-state index contributed by atoms with van der Waals surface area (Å²) >= 11 is 0. The van der Waals surface area contributed by atoms with E-state index < -0.39 is 0 Å². The standard InChI is InChI=1S/C14H28O2/c1-6-12(10-11-14(2,3)4)8-7-9-13(15)16-5/h12H,6-11H2,1-5H3/t12-/m1/s1. The van der Waals surface area contributed by atoms with Crippen molar-refractivity contribution < 1.29 is 9.53 Å². The Morgan fingerprint density at radius 3 is 2.31 bits per heavy atom. The molecule has 0 aromatic heterocycles. The minimum absolute atomic E-state index is 0.0781. The zero-order valence-electron chi connectivity index (χ0n) is 11.6. The molecule has 0 amide bonds. The van der Waals surface area contributed by atoms with E-state index in [0.29, 0.717) is 11.8 Å². The van der Waals surface area contributed by atoms with Gasteiger partial charge in [0.15, 0.2) is 0 Å². The summed E-state index contributed by atoms with van der Waals surface area (Å²) in [6.07, 6.45) is 6.46. The lowest BCUT2D eigenvalue weighted by atomic mass is 9.84. The maximum absolute atomic E-state index is 11.0. The fraction of sp³-hybridized carbons (Fsp3) is 0.929. The van der Waals surface area contributed by atoms with Gasteiger partial charge < -0.3 is 4.74 Å². The third-order valence-corrected chi connectivity index (χ3v) is 3.10. The molecule has 96 valence electrons. The molecule has 1 atom stereocenters. The lowest BCUT2D eigenvalue weighted by Gasteiger charge is -2.22. The molecule has 0 N–H and O–H groups in total. The van der Waals surface area contributed by atoms with Crippen LogP contribution in [-0.2, 0) is 9.53 Å². The molecular weight excluding hydrogens is 200 g/mol. The number of methoxy groups -OCH3 is 1. The van der Waals surface area contributed by atoms with Crippen molar-refractivity contribution >= 4 is 5.97 Å². The Balaban J connectivity index is 3.71. The van der Waals surface area contributed by atoms with Crippen LogP contribution in [0, 0.1) is 11.3 Å². The summed E-state index contributed by atoms with van der Waals surface area (Å²) < 4.78 is 4.64. The van der Waals surface area contributed by atoms with Crippen molar-refractivity contribution in [2.45, 2.75) is 66.2 Å². The number of rotatable bonds is 7. The summed E-state index contributed by atoms with van der Waals surface area (Å²) in [5.74, 6) is 0.689. The monoisotopic (exact) mass is 228 g/mol. The number of ether oxygens (including phenoxy) is 1. The molecule has 0 aliphatic heterocycles. The van der Waals surface area contributed by atoms with Crippen LogP contribution in [0.4, 0.5) is 0 Å². The van der Waals surface area contributed by atoms with E-state index in [0.717, 1.165) is 18.8 Å². The van der Waals surface area contributed by atoms with Crippen LogP contribution in [0.5, 0.6) is 0 Å². The molecule has 0 unspecified atom stereocenters. The van der Waals surface area contributed by atoms with Crippen molar-refractivity contribution in [3.63, 3.8) is 0 Å². The lowest BCUT2D eigenvalue weighted by Crippen LogP contribution is -2.09. The van der Waals surface area contributed by atoms with E-state index in [2.05, 4.69) is 32.4 Å². The molecule has 0 heterocycles. The van der Waals surface area contributed by atoms with Crippen molar-refractivity contribution in [3.8, 4) is 0 Å². The van der Waals surface area contributed by atoms with Gasteiger partial charge in [-0.3, -0.25) is 4.79 Å². The number of hydrogen-bond donors (Lipinski definition) is 0. The van der Waals surface area contributed by atoms with Gasteiger partial charge in [0.05, 0.1) is 7.11 Å². The molecule has 0 aromatic rings. The van der Waals surface area contributed by atoms with Crippen LogP contribution in [0.1, 0.15) is 66.2 Å². The Bertz CT molecular complexity index is 191. The van der Waals surface area contributed by atoms with Crippen molar-refractivity contribution in [1.82, 2.24) is 0 Å². The second-order valence-corrected chi connectivity index (χ2v) is 5.84. The minimum Gasteiger partial charge on any atom is -0.469 e. The van der Waals surface area contributed by atoms with E-state index in [1.54, 1.807) is 0 Å². The predicted octanol–water partition coefficient (Wildman–Crippen LogP) is 4.18. The highest BCUT2D eigenvalue weighted by atomic mass is 16.5. The lowest BCUT2D eigenvalue weighted by molar-refractivity contribution is -0.140. The van der Waals surface area contributed by atoms with E-state index in [1.165, 1.54) is 26.4 Å². The van der Waals surface area contributed by atoms with Crippen LogP contribution in [0.2, 0.25) is 0 Å². The predicted molar refractivity (Wildman–Crippen MR) is 68.3 cm³/mol. The van der Waals surface area contributed by atoms with Gasteiger partial charge in [0.25, 0.3) is 0 Å². The molecule has 0 fully saturated rings. The summed E-state index contributed by atoms with van der Waals surface area (Å²) in [6, 6.07) is 0. The topological polar surface area (TPSA) is 26.3 Å². The van der Waals surface area contributed by atoms with Crippen LogP contribution in [-0.4, -0.2) is 13.1 Å². The summed E-state index contributed by atoms with van der Waals surface area (Å²) in [4.78, 5) is 11.0. The molecular formula is C14H28O2. The van der Waals surface area contributed by atoms with Crippen LogP contribution in [0.25, 0.3) is 0 Å². The Kier molecular flexibility index (Phi) is 7.44. The van der Waals surface area contributed by atoms with Gasteiger partial charge in [-0.15, -0.1) is 0 Å². The minimum atomic E-state index is -0.0781. The van der Waals surface area contributed by atoms with Gasteiger partial charge in [0, 0.05) is 6.42 Å². The van der Waals surface area contributed by atoms with E-state index in [-0.39, 0.29) is 5.97 Å². The third kappa shape index (κ3) is 8.75. The van der Waals surface area contributed by atoms with E-state index in [1.807, 2.05) is 0 Å². The second kappa shape index (κ2) is 7.70. The Hall–Kier alpha value is -0.530. The smallest absolute Gasteiger partial charge is 0.305 e. The van der Waals surface area contributed by atoms with Crippen LogP contribution >= 0.6 is 0 Å². The van der Waals surface area contributed by atoms with E-state index >= 15 is 0 Å². The number of hydrogen-bond acceptors (Lipinski definition) is 2. The first-order valence-corrected chi connectivity index (χ1v) is 6.46. The molecule has 0 saturated carbocycles. The Labute approximate surface area is 101 Å². The number of carbonyl (C=O) groups excluding carboxylic acids is 1.